The molecule has 0 saturated carbocycles. The molecular weight excluding hydrogens is 402 g/mol. The van der Waals surface area contributed by atoms with Gasteiger partial charge in [-0.3, -0.25) is 9.69 Å². The summed E-state index contributed by atoms with van der Waals surface area (Å²) in [7, 11) is 0. The van der Waals surface area contributed by atoms with Gasteiger partial charge in [0.2, 0.25) is 5.91 Å². The topological polar surface area (TPSA) is 61.4 Å². The molecule has 3 aromatic rings. The molecule has 6 nitrogen and oxygen atoms in total. The van der Waals surface area contributed by atoms with Gasteiger partial charge in [-0.05, 0) is 18.9 Å². The van der Waals surface area contributed by atoms with Crippen molar-refractivity contribution in [2.75, 3.05) is 37.6 Å². The first kappa shape index (κ1) is 20.0. The zero-order valence-electron chi connectivity index (χ0n) is 16.5. The first-order valence-corrected chi connectivity index (χ1v) is 11.6. The molecule has 152 valence electrons. The Morgan fingerprint density at radius 1 is 1.17 bits per heavy atom. The van der Waals surface area contributed by atoms with Crippen LogP contribution in [0, 0.1) is 6.92 Å². The predicted molar refractivity (Wildman–Crippen MR) is 119 cm³/mol. The highest BCUT2D eigenvalue weighted by atomic mass is 32.1. The van der Waals surface area contributed by atoms with Crippen LogP contribution in [0.5, 0.6) is 0 Å². The van der Waals surface area contributed by atoms with E-state index in [0.717, 1.165) is 54.0 Å². The van der Waals surface area contributed by atoms with Gasteiger partial charge in [-0.15, -0.1) is 22.7 Å². The molecule has 1 amide bonds. The monoisotopic (exact) mass is 427 g/mol. The summed E-state index contributed by atoms with van der Waals surface area (Å²) in [6, 6.07) is 9.83. The van der Waals surface area contributed by atoms with Crippen LogP contribution >= 0.6 is 22.7 Å². The van der Waals surface area contributed by atoms with Gasteiger partial charge < -0.3 is 10.2 Å². The summed E-state index contributed by atoms with van der Waals surface area (Å²) < 4.78 is 0. The van der Waals surface area contributed by atoms with E-state index in [0.29, 0.717) is 6.54 Å². The van der Waals surface area contributed by atoms with Crippen molar-refractivity contribution < 1.29 is 4.79 Å². The number of hydrogen-bond acceptors (Lipinski definition) is 7. The molecule has 0 aliphatic carbocycles. The summed E-state index contributed by atoms with van der Waals surface area (Å²) in [5.74, 6) is 0.0348. The van der Waals surface area contributed by atoms with Crippen LogP contribution in [0.4, 0.5) is 5.13 Å². The lowest BCUT2D eigenvalue weighted by Gasteiger charge is -2.23. The van der Waals surface area contributed by atoms with Gasteiger partial charge in [0.05, 0.1) is 12.2 Å². The highest BCUT2D eigenvalue weighted by molar-refractivity contribution is 7.13. The van der Waals surface area contributed by atoms with Crippen molar-refractivity contribution in [1.29, 1.82) is 0 Å². The summed E-state index contributed by atoms with van der Waals surface area (Å²) in [6.07, 6.45) is 2.81. The minimum absolute atomic E-state index is 0.0348. The van der Waals surface area contributed by atoms with Gasteiger partial charge >= 0.3 is 0 Å². The van der Waals surface area contributed by atoms with Gasteiger partial charge in [0, 0.05) is 43.1 Å². The molecule has 4 rings (SSSR count). The number of nitrogens with zero attached hydrogens (tertiary/aromatic N) is 4. The van der Waals surface area contributed by atoms with E-state index >= 15 is 0 Å². The van der Waals surface area contributed by atoms with Crippen molar-refractivity contribution in [2.24, 2.45) is 0 Å². The van der Waals surface area contributed by atoms with Crippen molar-refractivity contribution in [1.82, 2.24) is 20.2 Å². The quantitative estimate of drug-likeness (QED) is 0.654. The second kappa shape index (κ2) is 9.47. The Morgan fingerprint density at radius 3 is 2.76 bits per heavy atom. The molecule has 1 atom stereocenters. The van der Waals surface area contributed by atoms with E-state index in [2.05, 4.69) is 30.5 Å². The summed E-state index contributed by atoms with van der Waals surface area (Å²) in [6.45, 7) is 6.09. The third kappa shape index (κ3) is 5.20. The summed E-state index contributed by atoms with van der Waals surface area (Å²) in [5, 5.41) is 9.22. The summed E-state index contributed by atoms with van der Waals surface area (Å²) in [4.78, 5) is 26.5. The van der Waals surface area contributed by atoms with Gasteiger partial charge in [0.25, 0.3) is 0 Å². The number of benzene rings is 1. The summed E-state index contributed by atoms with van der Waals surface area (Å²) in [5.41, 5.74) is 2.12. The lowest BCUT2D eigenvalue weighted by molar-refractivity contribution is -0.122. The lowest BCUT2D eigenvalue weighted by Crippen LogP contribution is -2.40. The number of carbonyl (C=O) groups is 1. The van der Waals surface area contributed by atoms with E-state index < -0.39 is 0 Å². The third-order valence-electron chi connectivity index (χ3n) is 4.97. The molecule has 1 aliphatic rings. The predicted octanol–water partition coefficient (Wildman–Crippen LogP) is 3.33. The summed E-state index contributed by atoms with van der Waals surface area (Å²) >= 11 is 3.26. The Morgan fingerprint density at radius 2 is 2.03 bits per heavy atom. The fourth-order valence-electron chi connectivity index (χ4n) is 3.53. The molecule has 3 heterocycles. The van der Waals surface area contributed by atoms with Gasteiger partial charge in [0.15, 0.2) is 5.13 Å². The average molecular weight is 428 g/mol. The maximum atomic E-state index is 12.9. The minimum atomic E-state index is -0.203. The number of thiazole rings is 2. The van der Waals surface area contributed by atoms with Crippen LogP contribution in [0.15, 0.2) is 47.3 Å². The normalized spacial score (nSPS) is 16.4. The maximum Gasteiger partial charge on any atom is 0.235 e. The number of amides is 1. The van der Waals surface area contributed by atoms with E-state index in [-0.39, 0.29) is 11.9 Å². The van der Waals surface area contributed by atoms with Gasteiger partial charge in [-0.25, -0.2) is 9.97 Å². The van der Waals surface area contributed by atoms with E-state index in [1.54, 1.807) is 28.9 Å². The van der Waals surface area contributed by atoms with Gasteiger partial charge in [-0.1, -0.05) is 30.3 Å². The van der Waals surface area contributed by atoms with E-state index in [4.69, 9.17) is 0 Å². The fourth-order valence-corrected chi connectivity index (χ4v) is 5.10. The Hall–Kier alpha value is -2.29. The van der Waals surface area contributed by atoms with Crippen LogP contribution in [-0.2, 0) is 4.79 Å². The molecule has 0 radical (unpaired) electrons. The van der Waals surface area contributed by atoms with Gasteiger partial charge in [-0.2, -0.15) is 0 Å². The molecule has 1 aromatic carbocycles. The molecule has 8 heteroatoms. The van der Waals surface area contributed by atoms with Crippen molar-refractivity contribution in [3.05, 3.63) is 63.6 Å². The molecular formula is C21H25N5OS2. The number of aryl methyl sites for hydroxylation is 1. The van der Waals surface area contributed by atoms with Crippen LogP contribution in [0.1, 0.15) is 28.7 Å². The van der Waals surface area contributed by atoms with Crippen LogP contribution in [0.3, 0.4) is 0 Å². The largest absolute Gasteiger partial charge is 0.347 e. The Balaban J connectivity index is 1.37. The van der Waals surface area contributed by atoms with Crippen LogP contribution < -0.4 is 10.2 Å². The first-order chi connectivity index (χ1) is 14.2. The molecule has 2 aromatic heterocycles. The fraction of sp³-hybridized carbons (Fsp3) is 0.381. The molecule has 0 spiro atoms. The number of rotatable bonds is 6. The van der Waals surface area contributed by atoms with Crippen molar-refractivity contribution in [3.63, 3.8) is 0 Å². The van der Waals surface area contributed by atoms with Crippen LogP contribution in [0.25, 0.3) is 0 Å². The molecule has 0 bridgehead atoms. The van der Waals surface area contributed by atoms with Gasteiger partial charge in [0.1, 0.15) is 11.0 Å². The molecule has 1 unspecified atom stereocenters. The number of aromatic nitrogens is 2. The van der Waals surface area contributed by atoms with Crippen LogP contribution in [0.2, 0.25) is 0 Å². The second-order valence-electron chi connectivity index (χ2n) is 7.17. The highest BCUT2D eigenvalue weighted by Crippen LogP contribution is 2.24. The van der Waals surface area contributed by atoms with E-state index in [9.17, 15) is 4.79 Å². The maximum absolute atomic E-state index is 12.9. The minimum Gasteiger partial charge on any atom is -0.347 e. The van der Waals surface area contributed by atoms with E-state index in [1.807, 2.05) is 42.6 Å². The SMILES string of the molecule is Cc1csc(N2CCCN(CC(=O)NC(c3ccccc3)c3nccs3)CC2)n1. The zero-order valence-corrected chi connectivity index (χ0v) is 18.1. The average Bonchev–Trinajstić information content (AvgIpc) is 3.36. The van der Waals surface area contributed by atoms with E-state index in [1.165, 1.54) is 0 Å². The molecule has 29 heavy (non-hydrogen) atoms. The standard InChI is InChI=1S/C21H25N5OS2/c1-16-15-29-21(23-16)26-10-5-9-25(11-12-26)14-18(27)24-19(20-22-8-13-28-20)17-6-3-2-4-7-17/h2-4,6-8,13,15,19H,5,9-12,14H2,1H3,(H,24,27). The van der Waals surface area contributed by atoms with Crippen molar-refractivity contribution >= 4 is 33.7 Å². The highest BCUT2D eigenvalue weighted by Gasteiger charge is 2.22. The van der Waals surface area contributed by atoms with Crippen molar-refractivity contribution in [2.45, 2.75) is 19.4 Å². The Labute approximate surface area is 179 Å². The first-order valence-electron chi connectivity index (χ1n) is 9.82. The molecule has 1 N–H and O–H groups in total. The second-order valence-corrected chi connectivity index (χ2v) is 8.93. The third-order valence-corrected chi connectivity index (χ3v) is 6.83. The molecule has 1 saturated heterocycles. The van der Waals surface area contributed by atoms with Crippen molar-refractivity contribution in [3.8, 4) is 0 Å². The smallest absolute Gasteiger partial charge is 0.235 e. The number of hydrogen-bond donors (Lipinski definition) is 1. The zero-order chi connectivity index (χ0) is 20.1. The van der Waals surface area contributed by atoms with Crippen LogP contribution in [-0.4, -0.2) is 53.5 Å². The Kier molecular flexibility index (Phi) is 6.53. The lowest BCUT2D eigenvalue weighted by atomic mass is 10.1. The number of nitrogens with one attached hydrogen (secondary N) is 1. The molecule has 1 aliphatic heterocycles. The molecule has 1 fully saturated rings. The number of anilines is 1. The number of carbonyl (C=O) groups excluding carboxylic acids is 1. The Bertz CT molecular complexity index is 912.